The van der Waals surface area contributed by atoms with E-state index in [1.54, 1.807) is 6.07 Å². The van der Waals surface area contributed by atoms with Gasteiger partial charge in [0.15, 0.2) is 5.69 Å². The Labute approximate surface area is 101 Å². The molecule has 0 amide bonds. The lowest BCUT2D eigenvalue weighted by Gasteiger charge is -2.34. The summed E-state index contributed by atoms with van der Waals surface area (Å²) in [7, 11) is 1.35. The molecule has 92 valence electrons. The third kappa shape index (κ3) is 2.54. The van der Waals surface area contributed by atoms with Crippen LogP contribution in [-0.2, 0) is 4.74 Å². The number of ether oxygens (including phenoxy) is 1. The van der Waals surface area contributed by atoms with Gasteiger partial charge in [-0.3, -0.25) is 0 Å². The normalized spacial score (nSPS) is 20.1. The summed E-state index contributed by atoms with van der Waals surface area (Å²) in [6.07, 6.45) is 5.01. The van der Waals surface area contributed by atoms with Crippen molar-refractivity contribution in [3.63, 3.8) is 0 Å². The van der Waals surface area contributed by atoms with E-state index in [9.17, 15) is 4.79 Å². The third-order valence-electron chi connectivity index (χ3n) is 3.14. The second kappa shape index (κ2) is 5.12. The van der Waals surface area contributed by atoms with Crippen molar-refractivity contribution in [2.45, 2.75) is 32.2 Å². The van der Waals surface area contributed by atoms with Gasteiger partial charge in [-0.25, -0.2) is 14.8 Å². The summed E-state index contributed by atoms with van der Waals surface area (Å²) in [6, 6.07) is 2.16. The Hall–Kier alpha value is -1.65. The molecule has 1 aliphatic heterocycles. The van der Waals surface area contributed by atoms with E-state index in [0.29, 0.717) is 11.7 Å². The van der Waals surface area contributed by atoms with Gasteiger partial charge in [0, 0.05) is 18.7 Å². The van der Waals surface area contributed by atoms with Crippen LogP contribution in [0.1, 0.15) is 36.7 Å². The molecule has 17 heavy (non-hydrogen) atoms. The number of hydrogen-bond acceptors (Lipinski definition) is 5. The van der Waals surface area contributed by atoms with Gasteiger partial charge in [-0.1, -0.05) is 0 Å². The maximum absolute atomic E-state index is 11.4. The number of nitrogens with zero attached hydrogens (tertiary/aromatic N) is 3. The minimum Gasteiger partial charge on any atom is -0.464 e. The highest BCUT2D eigenvalue weighted by Gasteiger charge is 2.20. The number of methoxy groups -OCH3 is 1. The van der Waals surface area contributed by atoms with Crippen molar-refractivity contribution in [3.8, 4) is 0 Å². The first kappa shape index (κ1) is 11.8. The van der Waals surface area contributed by atoms with Crippen LogP contribution in [0.15, 0.2) is 12.4 Å². The molecule has 0 aliphatic carbocycles. The van der Waals surface area contributed by atoms with Crippen LogP contribution < -0.4 is 4.90 Å². The largest absolute Gasteiger partial charge is 0.464 e. The van der Waals surface area contributed by atoms with Crippen molar-refractivity contribution in [2.75, 3.05) is 18.6 Å². The second-order valence-electron chi connectivity index (χ2n) is 4.29. The standard InChI is InChI=1S/C12H17N3O2/c1-9-5-3-4-6-15(9)11-7-10(12(16)17-2)13-8-14-11/h7-9H,3-6H2,1-2H3. The van der Waals surface area contributed by atoms with Gasteiger partial charge in [0.25, 0.3) is 0 Å². The number of carbonyl (C=O) groups excluding carboxylic acids is 1. The topological polar surface area (TPSA) is 55.3 Å². The van der Waals surface area contributed by atoms with Gasteiger partial charge < -0.3 is 9.64 Å². The van der Waals surface area contributed by atoms with Crippen LogP contribution >= 0.6 is 0 Å². The van der Waals surface area contributed by atoms with Crippen LogP contribution in [0.4, 0.5) is 5.82 Å². The molecular weight excluding hydrogens is 218 g/mol. The highest BCUT2D eigenvalue weighted by atomic mass is 16.5. The summed E-state index contributed by atoms with van der Waals surface area (Å²) in [5.74, 6) is 0.394. The summed E-state index contributed by atoms with van der Waals surface area (Å²) in [5, 5.41) is 0. The van der Waals surface area contributed by atoms with Gasteiger partial charge in [0.2, 0.25) is 0 Å². The molecule has 5 heteroatoms. The van der Waals surface area contributed by atoms with Crippen LogP contribution in [-0.4, -0.2) is 35.6 Å². The van der Waals surface area contributed by atoms with Crippen LogP contribution in [0.2, 0.25) is 0 Å². The molecule has 0 aromatic carbocycles. The summed E-state index contributed by atoms with van der Waals surface area (Å²) in [4.78, 5) is 21.8. The van der Waals surface area contributed by atoms with Crippen molar-refractivity contribution >= 4 is 11.8 Å². The van der Waals surface area contributed by atoms with E-state index in [1.165, 1.54) is 26.3 Å². The molecule has 0 radical (unpaired) electrons. The molecule has 0 spiro atoms. The summed E-state index contributed by atoms with van der Waals surface area (Å²) < 4.78 is 4.66. The van der Waals surface area contributed by atoms with Gasteiger partial charge in [-0.15, -0.1) is 0 Å². The molecule has 2 heterocycles. The Morgan fingerprint density at radius 3 is 3.00 bits per heavy atom. The quantitative estimate of drug-likeness (QED) is 0.729. The number of esters is 1. The zero-order valence-corrected chi connectivity index (χ0v) is 10.2. The zero-order valence-electron chi connectivity index (χ0n) is 10.2. The van der Waals surface area contributed by atoms with Crippen molar-refractivity contribution in [1.29, 1.82) is 0 Å². The summed E-state index contributed by atoms with van der Waals surface area (Å²) >= 11 is 0. The minimum atomic E-state index is -0.418. The molecule has 0 N–H and O–H groups in total. The van der Waals surface area contributed by atoms with Crippen LogP contribution in [0.25, 0.3) is 0 Å². The fraction of sp³-hybridized carbons (Fsp3) is 0.583. The van der Waals surface area contributed by atoms with E-state index in [2.05, 4.69) is 26.5 Å². The van der Waals surface area contributed by atoms with E-state index in [1.807, 2.05) is 0 Å². The highest BCUT2D eigenvalue weighted by molar-refractivity contribution is 5.87. The lowest BCUT2D eigenvalue weighted by Crippen LogP contribution is -2.38. The van der Waals surface area contributed by atoms with Gasteiger partial charge in [0.1, 0.15) is 12.1 Å². The number of piperidine rings is 1. The number of aromatic nitrogens is 2. The monoisotopic (exact) mass is 235 g/mol. The molecule has 0 saturated carbocycles. The molecule has 1 atom stereocenters. The fourth-order valence-electron chi connectivity index (χ4n) is 2.16. The number of anilines is 1. The Morgan fingerprint density at radius 2 is 2.29 bits per heavy atom. The van der Waals surface area contributed by atoms with E-state index in [4.69, 9.17) is 0 Å². The fourth-order valence-corrected chi connectivity index (χ4v) is 2.16. The van der Waals surface area contributed by atoms with E-state index in [0.717, 1.165) is 18.8 Å². The third-order valence-corrected chi connectivity index (χ3v) is 3.14. The average Bonchev–Trinajstić information content (AvgIpc) is 2.38. The predicted molar refractivity (Wildman–Crippen MR) is 64.0 cm³/mol. The first-order valence-electron chi connectivity index (χ1n) is 5.89. The molecule has 1 unspecified atom stereocenters. The molecule has 1 aromatic heterocycles. The molecule has 1 aliphatic rings. The van der Waals surface area contributed by atoms with Gasteiger partial charge in [0.05, 0.1) is 7.11 Å². The molecule has 1 aromatic rings. The summed E-state index contributed by atoms with van der Waals surface area (Å²) in [6.45, 7) is 3.16. The highest BCUT2D eigenvalue weighted by Crippen LogP contribution is 2.22. The first-order valence-corrected chi connectivity index (χ1v) is 5.89. The van der Waals surface area contributed by atoms with Gasteiger partial charge >= 0.3 is 5.97 Å². The molecule has 1 fully saturated rings. The molecule has 0 bridgehead atoms. The predicted octanol–water partition coefficient (Wildman–Crippen LogP) is 1.64. The van der Waals surface area contributed by atoms with Gasteiger partial charge in [-0.2, -0.15) is 0 Å². The Kier molecular flexibility index (Phi) is 3.56. The maximum atomic E-state index is 11.4. The van der Waals surface area contributed by atoms with Crippen LogP contribution in [0.3, 0.4) is 0 Å². The number of carbonyl (C=O) groups is 1. The maximum Gasteiger partial charge on any atom is 0.356 e. The number of rotatable bonds is 2. The first-order chi connectivity index (χ1) is 8.22. The van der Waals surface area contributed by atoms with Crippen LogP contribution in [0, 0.1) is 0 Å². The van der Waals surface area contributed by atoms with Crippen molar-refractivity contribution in [3.05, 3.63) is 18.1 Å². The van der Waals surface area contributed by atoms with E-state index >= 15 is 0 Å². The molecular formula is C12H17N3O2. The van der Waals surface area contributed by atoms with E-state index in [-0.39, 0.29) is 0 Å². The lowest BCUT2D eigenvalue weighted by atomic mass is 10.0. The van der Waals surface area contributed by atoms with Crippen molar-refractivity contribution < 1.29 is 9.53 Å². The Balaban J connectivity index is 2.23. The molecule has 1 saturated heterocycles. The smallest absolute Gasteiger partial charge is 0.356 e. The van der Waals surface area contributed by atoms with E-state index < -0.39 is 5.97 Å². The lowest BCUT2D eigenvalue weighted by molar-refractivity contribution is 0.0594. The molecule has 5 nitrogen and oxygen atoms in total. The second-order valence-corrected chi connectivity index (χ2v) is 4.29. The van der Waals surface area contributed by atoms with Crippen molar-refractivity contribution in [1.82, 2.24) is 9.97 Å². The van der Waals surface area contributed by atoms with Crippen LogP contribution in [0.5, 0.6) is 0 Å². The number of hydrogen-bond donors (Lipinski definition) is 0. The Morgan fingerprint density at radius 1 is 1.47 bits per heavy atom. The zero-order chi connectivity index (χ0) is 12.3. The Bertz CT molecular complexity index is 408. The molecule has 2 rings (SSSR count). The van der Waals surface area contributed by atoms with Gasteiger partial charge in [-0.05, 0) is 26.2 Å². The minimum absolute atomic E-state index is 0.315. The average molecular weight is 235 g/mol. The SMILES string of the molecule is COC(=O)c1cc(N2CCCCC2C)ncn1. The van der Waals surface area contributed by atoms with Crippen molar-refractivity contribution in [2.24, 2.45) is 0 Å². The summed E-state index contributed by atoms with van der Waals surface area (Å²) in [5.41, 5.74) is 0.315.